The molecule has 0 aromatic rings. The van der Waals surface area contributed by atoms with Crippen LogP contribution in [0.4, 0.5) is 0 Å². The Morgan fingerprint density at radius 3 is 2.38 bits per heavy atom. The number of hydrogen-bond acceptors (Lipinski definition) is 2. The van der Waals surface area contributed by atoms with E-state index in [9.17, 15) is 4.79 Å². The molecular formula is C6H10O2. The third-order valence-electron chi connectivity index (χ3n) is 0.799. The van der Waals surface area contributed by atoms with E-state index >= 15 is 0 Å². The van der Waals surface area contributed by atoms with E-state index in [0.717, 1.165) is 6.42 Å². The van der Waals surface area contributed by atoms with E-state index in [-0.39, 0.29) is 11.5 Å². The van der Waals surface area contributed by atoms with Crippen LogP contribution in [-0.2, 0) is 4.79 Å². The lowest BCUT2D eigenvalue weighted by Gasteiger charge is -1.91. The number of aliphatic hydroxyl groups excluding tert-OH is 1. The molecule has 2 nitrogen and oxygen atoms in total. The van der Waals surface area contributed by atoms with Gasteiger partial charge in [-0.25, -0.2) is 0 Å². The third kappa shape index (κ3) is 2.39. The predicted octanol–water partition coefficient (Wildman–Crippen LogP) is 1.43. The Labute approximate surface area is 48.8 Å². The summed E-state index contributed by atoms with van der Waals surface area (Å²) >= 11 is 0. The van der Waals surface area contributed by atoms with Crippen LogP contribution >= 0.6 is 0 Å². The second-order valence-corrected chi connectivity index (χ2v) is 1.62. The molecular weight excluding hydrogens is 104 g/mol. The number of Topliss-reactive ketones (excluding diaryl/α,β-unsaturated/α-hetero) is 1. The molecule has 0 rings (SSSR count). The molecule has 0 unspecified atom stereocenters. The monoisotopic (exact) mass is 114 g/mol. The van der Waals surface area contributed by atoms with Gasteiger partial charge in [0, 0.05) is 6.42 Å². The number of carbonyl (C=O) groups excluding carboxylic acids is 1. The minimum absolute atomic E-state index is 0.257. The highest BCUT2D eigenvalue weighted by molar-refractivity contribution is 5.92. The fourth-order valence-corrected chi connectivity index (χ4v) is 0.371. The van der Waals surface area contributed by atoms with Crippen molar-refractivity contribution in [3.05, 3.63) is 12.3 Å². The van der Waals surface area contributed by atoms with Crippen LogP contribution in [0.25, 0.3) is 0 Å². The number of aliphatic hydroxyl groups is 1. The van der Waals surface area contributed by atoms with Gasteiger partial charge in [-0.1, -0.05) is 13.5 Å². The summed E-state index contributed by atoms with van der Waals surface area (Å²) in [4.78, 5) is 10.4. The maximum Gasteiger partial charge on any atom is 0.196 e. The molecule has 0 fully saturated rings. The zero-order chi connectivity index (χ0) is 6.57. The van der Waals surface area contributed by atoms with E-state index in [4.69, 9.17) is 5.11 Å². The van der Waals surface area contributed by atoms with Crippen LogP contribution < -0.4 is 0 Å². The number of ketones is 1. The minimum Gasteiger partial charge on any atom is -0.505 e. The lowest BCUT2D eigenvalue weighted by Crippen LogP contribution is -1.98. The van der Waals surface area contributed by atoms with E-state index in [1.54, 1.807) is 0 Å². The summed E-state index contributed by atoms with van der Waals surface area (Å²) in [6.45, 7) is 4.96. The van der Waals surface area contributed by atoms with Gasteiger partial charge < -0.3 is 5.11 Å². The van der Waals surface area contributed by atoms with Crippen molar-refractivity contribution in [2.24, 2.45) is 0 Å². The molecule has 8 heavy (non-hydrogen) atoms. The molecule has 1 N–H and O–H groups in total. The molecule has 0 radical (unpaired) electrons. The third-order valence-corrected chi connectivity index (χ3v) is 0.799. The SMILES string of the molecule is C=C(O)C(=O)CCC. The average Bonchev–Trinajstić information content (AvgIpc) is 1.67. The largest absolute Gasteiger partial charge is 0.505 e. The normalized spacial score (nSPS) is 8.62. The molecule has 0 saturated heterocycles. The summed E-state index contributed by atoms with van der Waals surface area (Å²) in [5.41, 5.74) is 0. The lowest BCUT2D eigenvalue weighted by atomic mass is 10.2. The molecule has 0 bridgehead atoms. The van der Waals surface area contributed by atoms with E-state index in [1.807, 2.05) is 6.92 Å². The van der Waals surface area contributed by atoms with Crippen LogP contribution in [0.15, 0.2) is 12.3 Å². The molecule has 0 spiro atoms. The molecule has 0 aromatic heterocycles. The first-order valence-corrected chi connectivity index (χ1v) is 2.59. The first kappa shape index (κ1) is 7.21. The van der Waals surface area contributed by atoms with Gasteiger partial charge in [-0.3, -0.25) is 4.79 Å². The first-order valence-electron chi connectivity index (χ1n) is 2.59. The van der Waals surface area contributed by atoms with Crippen molar-refractivity contribution in [2.45, 2.75) is 19.8 Å². The van der Waals surface area contributed by atoms with Gasteiger partial charge in [0.25, 0.3) is 0 Å². The molecule has 0 aliphatic carbocycles. The Kier molecular flexibility index (Phi) is 2.92. The molecule has 0 aromatic carbocycles. The molecule has 0 atom stereocenters. The van der Waals surface area contributed by atoms with E-state index in [0.29, 0.717) is 6.42 Å². The fourth-order valence-electron chi connectivity index (χ4n) is 0.371. The van der Waals surface area contributed by atoms with Gasteiger partial charge in [0.15, 0.2) is 11.5 Å². The topological polar surface area (TPSA) is 37.3 Å². The predicted molar refractivity (Wildman–Crippen MR) is 31.7 cm³/mol. The van der Waals surface area contributed by atoms with Crippen molar-refractivity contribution in [3.8, 4) is 0 Å². The van der Waals surface area contributed by atoms with Crippen LogP contribution in [0.1, 0.15) is 19.8 Å². The smallest absolute Gasteiger partial charge is 0.196 e. The van der Waals surface area contributed by atoms with E-state index in [1.165, 1.54) is 0 Å². The summed E-state index contributed by atoms with van der Waals surface area (Å²) < 4.78 is 0. The minimum atomic E-state index is -0.327. The molecule has 0 aliphatic heterocycles. The number of allylic oxidation sites excluding steroid dienone is 1. The first-order chi connectivity index (χ1) is 3.68. The maximum atomic E-state index is 10.4. The zero-order valence-corrected chi connectivity index (χ0v) is 4.98. The lowest BCUT2D eigenvalue weighted by molar-refractivity contribution is -0.117. The van der Waals surface area contributed by atoms with Gasteiger partial charge in [-0.15, -0.1) is 0 Å². The number of carbonyl (C=O) groups is 1. The number of hydrogen-bond donors (Lipinski definition) is 1. The fraction of sp³-hybridized carbons (Fsp3) is 0.500. The van der Waals surface area contributed by atoms with Crippen LogP contribution in [-0.4, -0.2) is 10.9 Å². The number of rotatable bonds is 3. The van der Waals surface area contributed by atoms with Gasteiger partial charge in [-0.05, 0) is 6.42 Å². The van der Waals surface area contributed by atoms with Gasteiger partial charge in [-0.2, -0.15) is 0 Å². The highest BCUT2D eigenvalue weighted by Gasteiger charge is 2.00. The van der Waals surface area contributed by atoms with Gasteiger partial charge in [0.2, 0.25) is 0 Å². The Balaban J connectivity index is 3.49. The quantitative estimate of drug-likeness (QED) is 0.445. The Bertz CT molecular complexity index is 105. The van der Waals surface area contributed by atoms with Crippen LogP contribution in [0.5, 0.6) is 0 Å². The molecule has 0 heterocycles. The summed E-state index contributed by atoms with van der Waals surface area (Å²) in [5.74, 6) is -0.584. The van der Waals surface area contributed by atoms with E-state index < -0.39 is 0 Å². The molecule has 0 aliphatic rings. The van der Waals surface area contributed by atoms with Gasteiger partial charge in [0.05, 0.1) is 0 Å². The highest BCUT2D eigenvalue weighted by Crippen LogP contribution is 1.94. The second kappa shape index (κ2) is 3.24. The Hall–Kier alpha value is -0.790. The van der Waals surface area contributed by atoms with Crippen LogP contribution in [0.2, 0.25) is 0 Å². The summed E-state index contributed by atoms with van der Waals surface area (Å²) in [6, 6.07) is 0. The molecule has 0 saturated carbocycles. The van der Waals surface area contributed by atoms with Crippen molar-refractivity contribution in [3.63, 3.8) is 0 Å². The van der Waals surface area contributed by atoms with Gasteiger partial charge >= 0.3 is 0 Å². The maximum absolute atomic E-state index is 10.4. The highest BCUT2D eigenvalue weighted by atomic mass is 16.3. The molecule has 0 amide bonds. The van der Waals surface area contributed by atoms with Crippen molar-refractivity contribution in [2.75, 3.05) is 0 Å². The van der Waals surface area contributed by atoms with Crippen molar-refractivity contribution < 1.29 is 9.90 Å². The van der Waals surface area contributed by atoms with Crippen LogP contribution in [0, 0.1) is 0 Å². The Morgan fingerprint density at radius 1 is 1.75 bits per heavy atom. The Morgan fingerprint density at radius 2 is 2.25 bits per heavy atom. The molecule has 2 heteroatoms. The second-order valence-electron chi connectivity index (χ2n) is 1.62. The van der Waals surface area contributed by atoms with Gasteiger partial charge in [0.1, 0.15) is 0 Å². The van der Waals surface area contributed by atoms with Crippen molar-refractivity contribution >= 4 is 5.78 Å². The molecule has 46 valence electrons. The average molecular weight is 114 g/mol. The standard InChI is InChI=1S/C6H10O2/c1-3-4-6(8)5(2)7/h7H,2-4H2,1H3. The van der Waals surface area contributed by atoms with Crippen molar-refractivity contribution in [1.82, 2.24) is 0 Å². The summed E-state index contributed by atoms with van der Waals surface area (Å²) in [6.07, 6.45) is 1.16. The zero-order valence-electron chi connectivity index (χ0n) is 4.98. The van der Waals surface area contributed by atoms with Crippen molar-refractivity contribution in [1.29, 1.82) is 0 Å². The van der Waals surface area contributed by atoms with Crippen LogP contribution in [0.3, 0.4) is 0 Å². The van der Waals surface area contributed by atoms with E-state index in [2.05, 4.69) is 6.58 Å². The summed E-state index contributed by atoms with van der Waals surface area (Å²) in [5, 5.41) is 8.41. The summed E-state index contributed by atoms with van der Waals surface area (Å²) in [7, 11) is 0.